The summed E-state index contributed by atoms with van der Waals surface area (Å²) in [6.07, 6.45) is 0. The maximum atomic E-state index is 12.9. The first-order valence-electron chi connectivity index (χ1n) is 7.55. The van der Waals surface area contributed by atoms with Gasteiger partial charge in [-0.3, -0.25) is 0 Å². The van der Waals surface area contributed by atoms with Gasteiger partial charge in [0.05, 0.1) is 0 Å². The zero-order chi connectivity index (χ0) is 15.9. The van der Waals surface area contributed by atoms with Crippen molar-refractivity contribution < 1.29 is 9.13 Å². The predicted octanol–water partition coefficient (Wildman–Crippen LogP) is 5.02. The summed E-state index contributed by atoms with van der Waals surface area (Å²) in [6.45, 7) is 1.10. The summed E-state index contributed by atoms with van der Waals surface area (Å²) in [4.78, 5) is 0. The molecule has 116 valence electrons. The lowest BCUT2D eigenvalue weighted by Gasteiger charge is -2.13. The van der Waals surface area contributed by atoms with Crippen molar-refractivity contribution in [1.29, 1.82) is 0 Å². The van der Waals surface area contributed by atoms with Crippen LogP contribution < -0.4 is 10.1 Å². The van der Waals surface area contributed by atoms with Gasteiger partial charge in [0, 0.05) is 17.8 Å². The topological polar surface area (TPSA) is 21.3 Å². The zero-order valence-electron chi connectivity index (χ0n) is 12.7. The quantitative estimate of drug-likeness (QED) is 0.690. The molecule has 2 nitrogen and oxygen atoms in total. The Morgan fingerprint density at radius 1 is 0.783 bits per heavy atom. The Morgan fingerprint density at radius 3 is 2.26 bits per heavy atom. The largest absolute Gasteiger partial charge is 0.489 e. The first-order valence-corrected chi connectivity index (χ1v) is 7.55. The summed E-state index contributed by atoms with van der Waals surface area (Å²) in [5, 5.41) is 3.38. The van der Waals surface area contributed by atoms with Crippen LogP contribution in [0.15, 0.2) is 78.9 Å². The fourth-order valence-corrected chi connectivity index (χ4v) is 2.29. The van der Waals surface area contributed by atoms with Crippen LogP contribution >= 0.6 is 0 Å². The van der Waals surface area contributed by atoms with E-state index in [1.165, 1.54) is 12.1 Å². The average Bonchev–Trinajstić information content (AvgIpc) is 2.61. The van der Waals surface area contributed by atoms with Crippen molar-refractivity contribution in [3.63, 3.8) is 0 Å². The summed E-state index contributed by atoms with van der Waals surface area (Å²) in [6, 6.07) is 24.3. The van der Waals surface area contributed by atoms with Gasteiger partial charge in [-0.2, -0.15) is 0 Å². The highest BCUT2D eigenvalue weighted by molar-refractivity contribution is 5.45. The third-order valence-electron chi connectivity index (χ3n) is 3.54. The number of rotatable bonds is 6. The molecule has 0 spiro atoms. The van der Waals surface area contributed by atoms with Gasteiger partial charge in [0.1, 0.15) is 18.2 Å². The van der Waals surface area contributed by atoms with E-state index in [0.29, 0.717) is 13.2 Å². The molecular weight excluding hydrogens is 289 g/mol. The lowest BCUT2D eigenvalue weighted by molar-refractivity contribution is 0.303. The van der Waals surface area contributed by atoms with Gasteiger partial charge in [-0.1, -0.05) is 48.5 Å². The monoisotopic (exact) mass is 307 g/mol. The number of anilines is 1. The van der Waals surface area contributed by atoms with Crippen molar-refractivity contribution in [2.75, 3.05) is 5.32 Å². The molecule has 0 unspecified atom stereocenters. The maximum absolute atomic E-state index is 12.9. The number of hydrogen-bond acceptors (Lipinski definition) is 2. The van der Waals surface area contributed by atoms with Crippen LogP contribution in [0.1, 0.15) is 11.1 Å². The van der Waals surface area contributed by atoms with E-state index in [-0.39, 0.29) is 5.82 Å². The van der Waals surface area contributed by atoms with E-state index in [1.54, 1.807) is 12.1 Å². The van der Waals surface area contributed by atoms with Crippen LogP contribution in [-0.4, -0.2) is 0 Å². The number of para-hydroxylation sites is 2. The van der Waals surface area contributed by atoms with Crippen LogP contribution in [0.4, 0.5) is 10.1 Å². The Labute approximate surface area is 135 Å². The molecule has 0 bridgehead atoms. The van der Waals surface area contributed by atoms with E-state index < -0.39 is 0 Å². The predicted molar refractivity (Wildman–Crippen MR) is 90.9 cm³/mol. The molecule has 0 atom stereocenters. The normalized spacial score (nSPS) is 10.3. The lowest BCUT2D eigenvalue weighted by Crippen LogP contribution is -2.03. The highest BCUT2D eigenvalue weighted by atomic mass is 19.1. The molecule has 0 amide bonds. The molecule has 0 saturated carbocycles. The van der Waals surface area contributed by atoms with Gasteiger partial charge in [0.15, 0.2) is 0 Å². The molecule has 3 aromatic rings. The Morgan fingerprint density at radius 2 is 1.48 bits per heavy atom. The summed E-state index contributed by atoms with van der Waals surface area (Å²) in [7, 11) is 0. The molecule has 0 heterocycles. The molecule has 23 heavy (non-hydrogen) atoms. The van der Waals surface area contributed by atoms with Gasteiger partial charge >= 0.3 is 0 Å². The van der Waals surface area contributed by atoms with Gasteiger partial charge in [-0.15, -0.1) is 0 Å². The molecule has 0 aliphatic heterocycles. The van der Waals surface area contributed by atoms with Crippen molar-refractivity contribution in [3.05, 3.63) is 95.8 Å². The van der Waals surface area contributed by atoms with Crippen molar-refractivity contribution in [1.82, 2.24) is 0 Å². The third kappa shape index (κ3) is 4.33. The van der Waals surface area contributed by atoms with Gasteiger partial charge < -0.3 is 10.1 Å². The van der Waals surface area contributed by atoms with E-state index in [1.807, 2.05) is 54.6 Å². The first-order chi connectivity index (χ1) is 11.3. The summed E-state index contributed by atoms with van der Waals surface area (Å²) in [5.41, 5.74) is 3.09. The standard InChI is InChI=1S/C20H18FNO/c21-18-12-10-16(11-13-18)15-23-20-9-5-4-6-17(20)14-22-19-7-2-1-3-8-19/h1-13,22H,14-15H2. The Balaban J connectivity index is 1.64. The van der Waals surface area contributed by atoms with Crippen molar-refractivity contribution in [3.8, 4) is 5.75 Å². The third-order valence-corrected chi connectivity index (χ3v) is 3.54. The summed E-state index contributed by atoms with van der Waals surface area (Å²) < 4.78 is 18.8. The molecular formula is C20H18FNO. The van der Waals surface area contributed by atoms with E-state index in [0.717, 1.165) is 22.6 Å². The molecule has 0 fully saturated rings. The van der Waals surface area contributed by atoms with Crippen LogP contribution in [0.25, 0.3) is 0 Å². The van der Waals surface area contributed by atoms with E-state index >= 15 is 0 Å². The second-order valence-corrected chi connectivity index (χ2v) is 5.24. The molecule has 1 N–H and O–H groups in total. The molecule has 3 heteroatoms. The number of nitrogens with one attached hydrogen (secondary N) is 1. The molecule has 3 aromatic carbocycles. The molecule has 0 saturated heterocycles. The van der Waals surface area contributed by atoms with Crippen molar-refractivity contribution in [2.45, 2.75) is 13.2 Å². The van der Waals surface area contributed by atoms with Crippen LogP contribution in [0.5, 0.6) is 5.75 Å². The lowest BCUT2D eigenvalue weighted by atomic mass is 10.2. The number of hydrogen-bond donors (Lipinski definition) is 1. The fraction of sp³-hybridized carbons (Fsp3) is 0.100. The summed E-state index contributed by atoms with van der Waals surface area (Å²) in [5.74, 6) is 0.599. The van der Waals surface area contributed by atoms with Crippen molar-refractivity contribution in [2.24, 2.45) is 0 Å². The van der Waals surface area contributed by atoms with E-state index in [9.17, 15) is 4.39 Å². The average molecular weight is 307 g/mol. The second kappa shape index (κ2) is 7.45. The highest BCUT2D eigenvalue weighted by Crippen LogP contribution is 2.21. The van der Waals surface area contributed by atoms with Crippen molar-refractivity contribution >= 4 is 5.69 Å². The molecule has 0 radical (unpaired) electrons. The molecule has 0 aliphatic carbocycles. The second-order valence-electron chi connectivity index (χ2n) is 5.24. The Hall–Kier alpha value is -2.81. The molecule has 3 rings (SSSR count). The van der Waals surface area contributed by atoms with Gasteiger partial charge in [-0.25, -0.2) is 4.39 Å². The number of benzene rings is 3. The number of halogens is 1. The fourth-order valence-electron chi connectivity index (χ4n) is 2.29. The first kappa shape index (κ1) is 15.1. The van der Waals surface area contributed by atoms with E-state index in [2.05, 4.69) is 5.32 Å². The Bertz CT molecular complexity index is 741. The molecule has 0 aromatic heterocycles. The van der Waals surface area contributed by atoms with Gasteiger partial charge in [-0.05, 0) is 35.9 Å². The smallest absolute Gasteiger partial charge is 0.124 e. The molecule has 0 aliphatic rings. The van der Waals surface area contributed by atoms with Crippen LogP contribution in [0.2, 0.25) is 0 Å². The van der Waals surface area contributed by atoms with E-state index in [4.69, 9.17) is 4.74 Å². The Kier molecular flexibility index (Phi) is 4.89. The number of ether oxygens (including phenoxy) is 1. The van der Waals surface area contributed by atoms with Gasteiger partial charge in [0.25, 0.3) is 0 Å². The zero-order valence-corrected chi connectivity index (χ0v) is 12.7. The van der Waals surface area contributed by atoms with Crippen LogP contribution in [-0.2, 0) is 13.2 Å². The SMILES string of the molecule is Fc1ccc(COc2ccccc2CNc2ccccc2)cc1. The maximum Gasteiger partial charge on any atom is 0.124 e. The minimum absolute atomic E-state index is 0.235. The minimum Gasteiger partial charge on any atom is -0.489 e. The van der Waals surface area contributed by atoms with Crippen LogP contribution in [0, 0.1) is 5.82 Å². The minimum atomic E-state index is -0.235. The summed E-state index contributed by atoms with van der Waals surface area (Å²) >= 11 is 0. The van der Waals surface area contributed by atoms with Gasteiger partial charge in [0.2, 0.25) is 0 Å². The highest BCUT2D eigenvalue weighted by Gasteiger charge is 2.04. The van der Waals surface area contributed by atoms with Crippen LogP contribution in [0.3, 0.4) is 0 Å².